The van der Waals surface area contributed by atoms with Crippen molar-refractivity contribution in [1.29, 1.82) is 0 Å². The molecule has 1 aliphatic rings. The molecule has 1 fully saturated rings. The Hall–Kier alpha value is -3.24. The Morgan fingerprint density at radius 2 is 1.57 bits per heavy atom. The van der Waals surface area contributed by atoms with Gasteiger partial charge in [-0.2, -0.15) is 0 Å². The third kappa shape index (κ3) is 5.71. The molecule has 0 aliphatic carbocycles. The molecule has 35 heavy (non-hydrogen) atoms. The van der Waals surface area contributed by atoms with Crippen molar-refractivity contribution >= 4 is 33.9 Å². The van der Waals surface area contributed by atoms with Gasteiger partial charge in [-0.05, 0) is 42.0 Å². The molecule has 0 bridgehead atoms. The first-order chi connectivity index (χ1) is 16.7. The van der Waals surface area contributed by atoms with Gasteiger partial charge in [-0.15, -0.1) is 0 Å². The minimum atomic E-state index is 0.546. The standard InChI is InChI=1S/C30H35ClN4/c1-20(2)6-7-21(3)34-14-16-35(17-15-34)23(5)26-12-13-27-28(31)19-29(33-30(27)18-26)25-10-8-24(9-11-25)22(4)32/h8-13,18-20H,3-7,14-17,32H2,1-2H3. The van der Waals surface area contributed by atoms with Crippen LogP contribution in [0.2, 0.25) is 5.02 Å². The topological polar surface area (TPSA) is 45.4 Å². The van der Waals surface area contributed by atoms with Crippen molar-refractivity contribution in [1.82, 2.24) is 14.8 Å². The number of hydrogen-bond acceptors (Lipinski definition) is 4. The van der Waals surface area contributed by atoms with Crippen molar-refractivity contribution in [2.45, 2.75) is 26.7 Å². The van der Waals surface area contributed by atoms with Gasteiger partial charge in [0, 0.05) is 54.2 Å². The highest BCUT2D eigenvalue weighted by Crippen LogP contribution is 2.31. The molecule has 1 aromatic heterocycles. The first-order valence-electron chi connectivity index (χ1n) is 12.3. The molecule has 2 N–H and O–H groups in total. The molecule has 0 radical (unpaired) electrons. The van der Waals surface area contributed by atoms with Gasteiger partial charge in [0.05, 0.1) is 16.2 Å². The molecule has 0 spiro atoms. The molecule has 2 heterocycles. The van der Waals surface area contributed by atoms with Crippen molar-refractivity contribution < 1.29 is 0 Å². The van der Waals surface area contributed by atoms with Gasteiger partial charge in [0.25, 0.3) is 0 Å². The molecule has 182 valence electrons. The van der Waals surface area contributed by atoms with Crippen molar-refractivity contribution in [3.8, 4) is 11.3 Å². The molecule has 0 amide bonds. The van der Waals surface area contributed by atoms with Crippen LogP contribution in [0.1, 0.15) is 37.8 Å². The maximum Gasteiger partial charge on any atom is 0.0731 e. The zero-order chi connectivity index (χ0) is 25.1. The third-order valence-corrected chi connectivity index (χ3v) is 7.08. The molecule has 3 aromatic rings. The summed E-state index contributed by atoms with van der Waals surface area (Å²) < 4.78 is 0. The van der Waals surface area contributed by atoms with Crippen molar-refractivity contribution in [2.24, 2.45) is 11.7 Å². The molecule has 0 atom stereocenters. The molecule has 4 nitrogen and oxygen atoms in total. The van der Waals surface area contributed by atoms with E-state index >= 15 is 0 Å². The van der Waals surface area contributed by atoms with E-state index < -0.39 is 0 Å². The number of pyridine rings is 1. The molecular weight excluding hydrogens is 452 g/mol. The monoisotopic (exact) mass is 486 g/mol. The Balaban J connectivity index is 1.50. The predicted molar refractivity (Wildman–Crippen MR) is 151 cm³/mol. The summed E-state index contributed by atoms with van der Waals surface area (Å²) in [4.78, 5) is 9.70. The number of piperazine rings is 1. The van der Waals surface area contributed by atoms with E-state index in [1.165, 1.54) is 12.1 Å². The molecule has 5 heteroatoms. The Labute approximate surface area is 214 Å². The van der Waals surface area contributed by atoms with Gasteiger partial charge in [-0.3, -0.25) is 0 Å². The predicted octanol–water partition coefficient (Wildman–Crippen LogP) is 7.02. The fourth-order valence-corrected chi connectivity index (χ4v) is 4.72. The van der Waals surface area contributed by atoms with Crippen LogP contribution in [-0.4, -0.2) is 41.0 Å². The van der Waals surface area contributed by atoms with Crippen molar-refractivity contribution in [3.05, 3.63) is 90.1 Å². The van der Waals surface area contributed by atoms with E-state index in [9.17, 15) is 0 Å². The molecule has 4 rings (SSSR count). The maximum absolute atomic E-state index is 6.64. The Bertz CT molecular complexity index is 1250. The van der Waals surface area contributed by atoms with Crippen LogP contribution < -0.4 is 5.73 Å². The van der Waals surface area contributed by atoms with E-state index in [2.05, 4.69) is 55.5 Å². The van der Waals surface area contributed by atoms with E-state index in [4.69, 9.17) is 22.3 Å². The van der Waals surface area contributed by atoms with Crippen molar-refractivity contribution in [3.63, 3.8) is 0 Å². The second-order valence-corrected chi connectivity index (χ2v) is 10.2. The number of halogens is 1. The highest BCUT2D eigenvalue weighted by Gasteiger charge is 2.20. The van der Waals surface area contributed by atoms with Crippen molar-refractivity contribution in [2.75, 3.05) is 26.2 Å². The lowest BCUT2D eigenvalue weighted by molar-refractivity contribution is 0.208. The Kier molecular flexibility index (Phi) is 7.51. The number of aromatic nitrogens is 1. The van der Waals surface area contributed by atoms with Gasteiger partial charge >= 0.3 is 0 Å². The zero-order valence-corrected chi connectivity index (χ0v) is 21.6. The summed E-state index contributed by atoms with van der Waals surface area (Å²) in [5.41, 5.74) is 13.3. The van der Waals surface area contributed by atoms with Gasteiger partial charge in [0.15, 0.2) is 0 Å². The average molecular weight is 487 g/mol. The van der Waals surface area contributed by atoms with Crippen LogP contribution in [0.25, 0.3) is 33.6 Å². The van der Waals surface area contributed by atoms with Gasteiger partial charge in [-0.1, -0.05) is 81.6 Å². The lowest BCUT2D eigenvalue weighted by Crippen LogP contribution is -2.44. The van der Waals surface area contributed by atoms with E-state index in [0.29, 0.717) is 16.6 Å². The summed E-state index contributed by atoms with van der Waals surface area (Å²) in [5.74, 6) is 0.702. The number of nitrogens with two attached hydrogens (primary N) is 1. The highest BCUT2D eigenvalue weighted by atomic mass is 35.5. The van der Waals surface area contributed by atoms with Crippen LogP contribution in [0.3, 0.4) is 0 Å². The quantitative estimate of drug-likeness (QED) is 0.371. The van der Waals surface area contributed by atoms with E-state index in [1.807, 2.05) is 36.4 Å². The van der Waals surface area contributed by atoms with Crippen LogP contribution in [0, 0.1) is 5.92 Å². The minimum Gasteiger partial charge on any atom is -0.399 e. The summed E-state index contributed by atoms with van der Waals surface area (Å²) in [6.07, 6.45) is 2.26. The summed E-state index contributed by atoms with van der Waals surface area (Å²) in [6, 6.07) is 16.0. The lowest BCUT2D eigenvalue weighted by Gasteiger charge is -2.39. The second-order valence-electron chi connectivity index (χ2n) is 9.74. The van der Waals surface area contributed by atoms with Crippen LogP contribution >= 0.6 is 11.6 Å². The first kappa shape index (κ1) is 24.9. The fourth-order valence-electron chi connectivity index (χ4n) is 4.46. The summed E-state index contributed by atoms with van der Waals surface area (Å²) >= 11 is 6.64. The number of benzene rings is 2. The Morgan fingerprint density at radius 1 is 0.943 bits per heavy atom. The van der Waals surface area contributed by atoms with E-state index in [-0.39, 0.29) is 0 Å². The first-order valence-corrected chi connectivity index (χ1v) is 12.6. The Morgan fingerprint density at radius 3 is 2.20 bits per heavy atom. The van der Waals surface area contributed by atoms with Crippen LogP contribution in [-0.2, 0) is 0 Å². The lowest BCUT2D eigenvalue weighted by atomic mass is 10.0. The van der Waals surface area contributed by atoms with Gasteiger partial charge in [-0.25, -0.2) is 4.98 Å². The maximum atomic E-state index is 6.64. The number of nitrogens with zero attached hydrogens (tertiary/aromatic N) is 3. The molecule has 1 aliphatic heterocycles. The number of hydrogen-bond donors (Lipinski definition) is 1. The summed E-state index contributed by atoms with van der Waals surface area (Å²) in [7, 11) is 0. The fraction of sp³-hybridized carbons (Fsp3) is 0.300. The van der Waals surface area contributed by atoms with Gasteiger partial charge in [0.2, 0.25) is 0 Å². The minimum absolute atomic E-state index is 0.546. The highest BCUT2D eigenvalue weighted by molar-refractivity contribution is 6.35. The van der Waals surface area contributed by atoms with Crippen LogP contribution in [0.5, 0.6) is 0 Å². The largest absolute Gasteiger partial charge is 0.399 e. The second kappa shape index (κ2) is 10.6. The molecule has 2 aromatic carbocycles. The number of allylic oxidation sites excluding steroid dienone is 1. The summed E-state index contributed by atoms with van der Waals surface area (Å²) in [6.45, 7) is 20.9. The van der Waals surface area contributed by atoms with Gasteiger partial charge in [0.1, 0.15) is 0 Å². The molecule has 0 saturated carbocycles. The molecule has 0 unspecified atom stereocenters. The number of fused-ring (bicyclic) bond motifs is 1. The van der Waals surface area contributed by atoms with Crippen LogP contribution in [0.4, 0.5) is 0 Å². The smallest absolute Gasteiger partial charge is 0.0731 e. The molecular formula is C30H35ClN4. The summed E-state index contributed by atoms with van der Waals surface area (Å²) in [5, 5.41) is 1.62. The number of rotatable bonds is 8. The zero-order valence-electron chi connectivity index (χ0n) is 20.9. The van der Waals surface area contributed by atoms with E-state index in [0.717, 1.165) is 71.6 Å². The molecule has 1 saturated heterocycles. The SMILES string of the molecule is C=C(N)c1ccc(-c2cc(Cl)c3ccc(C(=C)N4CCN(C(=C)CCC(C)C)CC4)cc3n2)cc1. The van der Waals surface area contributed by atoms with E-state index in [1.54, 1.807) is 0 Å². The third-order valence-electron chi connectivity index (χ3n) is 6.76. The van der Waals surface area contributed by atoms with Gasteiger partial charge < -0.3 is 15.5 Å². The average Bonchev–Trinajstić information content (AvgIpc) is 2.86. The normalized spacial score (nSPS) is 13.9. The van der Waals surface area contributed by atoms with Crippen LogP contribution in [0.15, 0.2) is 74.0 Å².